The molecule has 2 N–H and O–H groups in total. The predicted molar refractivity (Wildman–Crippen MR) is 78.3 cm³/mol. The predicted octanol–water partition coefficient (Wildman–Crippen LogP) is 2.00. The van der Waals surface area contributed by atoms with Crippen LogP contribution in [0.25, 0.3) is 0 Å². The topological polar surface area (TPSA) is 98.0 Å². The Morgan fingerprint density at radius 1 is 1.19 bits per heavy atom. The standard InChI is InChI=1S/C13H20N6O2/c1-5-14-11-16-12(18-13(17-11)20-8(2)3)15-7-10-6-9(4)19-21-10/h6,8H,5,7H2,1-4H3,(H2,14,15,16,17,18). The SMILES string of the molecule is CCNc1nc(NCc2cc(C)no2)nc(OC(C)C)n1. The van der Waals surface area contributed by atoms with Crippen LogP contribution in [0.15, 0.2) is 10.6 Å². The summed E-state index contributed by atoms with van der Waals surface area (Å²) in [4.78, 5) is 12.7. The van der Waals surface area contributed by atoms with Crippen molar-refractivity contribution in [3.05, 3.63) is 17.5 Å². The molecule has 0 aliphatic carbocycles. The molecule has 21 heavy (non-hydrogen) atoms. The Kier molecular flexibility index (Phi) is 4.91. The maximum absolute atomic E-state index is 5.52. The molecule has 2 aromatic rings. The van der Waals surface area contributed by atoms with Crippen LogP contribution in [0.4, 0.5) is 11.9 Å². The molecule has 0 aliphatic rings. The molecule has 2 heterocycles. The van der Waals surface area contributed by atoms with E-state index in [-0.39, 0.29) is 12.1 Å². The molecule has 0 amide bonds. The van der Waals surface area contributed by atoms with Gasteiger partial charge in [0, 0.05) is 12.6 Å². The highest BCUT2D eigenvalue weighted by atomic mass is 16.5. The fraction of sp³-hybridized carbons (Fsp3) is 0.538. The Labute approximate surface area is 123 Å². The lowest BCUT2D eigenvalue weighted by Crippen LogP contribution is -2.13. The number of nitrogens with one attached hydrogen (secondary N) is 2. The molecule has 0 bridgehead atoms. The Balaban J connectivity index is 2.10. The van der Waals surface area contributed by atoms with E-state index in [0.29, 0.717) is 30.7 Å². The number of hydrogen-bond donors (Lipinski definition) is 2. The molecule has 0 saturated carbocycles. The lowest BCUT2D eigenvalue weighted by Gasteiger charge is -2.11. The zero-order valence-electron chi connectivity index (χ0n) is 12.7. The average molecular weight is 292 g/mol. The summed E-state index contributed by atoms with van der Waals surface area (Å²) >= 11 is 0. The van der Waals surface area contributed by atoms with Crippen molar-refractivity contribution in [2.24, 2.45) is 0 Å². The van der Waals surface area contributed by atoms with Crippen molar-refractivity contribution in [1.29, 1.82) is 0 Å². The molecule has 0 saturated heterocycles. The summed E-state index contributed by atoms with van der Waals surface area (Å²) in [6, 6.07) is 2.14. The normalized spacial score (nSPS) is 10.7. The number of ether oxygens (including phenoxy) is 1. The van der Waals surface area contributed by atoms with Crippen molar-refractivity contribution < 1.29 is 9.26 Å². The largest absolute Gasteiger partial charge is 0.461 e. The molecule has 0 aliphatic heterocycles. The zero-order chi connectivity index (χ0) is 15.2. The molecule has 0 unspecified atom stereocenters. The minimum Gasteiger partial charge on any atom is -0.461 e. The maximum atomic E-state index is 5.52. The van der Waals surface area contributed by atoms with Gasteiger partial charge in [-0.25, -0.2) is 0 Å². The van der Waals surface area contributed by atoms with E-state index < -0.39 is 0 Å². The third-order valence-corrected chi connectivity index (χ3v) is 2.39. The van der Waals surface area contributed by atoms with Gasteiger partial charge in [0.1, 0.15) is 0 Å². The van der Waals surface area contributed by atoms with Gasteiger partial charge < -0.3 is 19.9 Å². The minimum absolute atomic E-state index is 0.00773. The van der Waals surface area contributed by atoms with E-state index >= 15 is 0 Å². The van der Waals surface area contributed by atoms with Crippen molar-refractivity contribution in [1.82, 2.24) is 20.1 Å². The van der Waals surface area contributed by atoms with Gasteiger partial charge in [0.15, 0.2) is 5.76 Å². The van der Waals surface area contributed by atoms with Gasteiger partial charge in [-0.1, -0.05) is 5.16 Å². The van der Waals surface area contributed by atoms with Gasteiger partial charge in [-0.15, -0.1) is 0 Å². The summed E-state index contributed by atoms with van der Waals surface area (Å²) in [7, 11) is 0. The first-order valence-electron chi connectivity index (χ1n) is 6.89. The van der Waals surface area contributed by atoms with Gasteiger partial charge in [-0.3, -0.25) is 0 Å². The number of anilines is 2. The minimum atomic E-state index is -0.00773. The fourth-order valence-electron chi connectivity index (χ4n) is 1.60. The second-order valence-corrected chi connectivity index (χ2v) is 4.75. The fourth-order valence-corrected chi connectivity index (χ4v) is 1.60. The highest BCUT2D eigenvalue weighted by Crippen LogP contribution is 2.13. The number of aryl methyl sites for hydroxylation is 1. The molecular formula is C13H20N6O2. The monoisotopic (exact) mass is 292 g/mol. The summed E-state index contributed by atoms with van der Waals surface area (Å²) in [5.74, 6) is 1.61. The first kappa shape index (κ1) is 15.0. The lowest BCUT2D eigenvalue weighted by atomic mass is 10.4. The summed E-state index contributed by atoms with van der Waals surface area (Å²) in [5.41, 5.74) is 0.833. The summed E-state index contributed by atoms with van der Waals surface area (Å²) in [5, 5.41) is 9.94. The molecule has 0 spiro atoms. The van der Waals surface area contributed by atoms with Crippen LogP contribution in [0.3, 0.4) is 0 Å². The maximum Gasteiger partial charge on any atom is 0.323 e. The van der Waals surface area contributed by atoms with Crippen molar-refractivity contribution in [3.63, 3.8) is 0 Å². The summed E-state index contributed by atoms with van der Waals surface area (Å²) in [6.45, 7) is 8.83. The molecule has 0 atom stereocenters. The van der Waals surface area contributed by atoms with Crippen molar-refractivity contribution in [2.45, 2.75) is 40.3 Å². The van der Waals surface area contributed by atoms with Gasteiger partial charge in [-0.05, 0) is 27.7 Å². The molecule has 0 radical (unpaired) electrons. The van der Waals surface area contributed by atoms with Gasteiger partial charge in [0.25, 0.3) is 0 Å². The molecule has 114 valence electrons. The highest BCUT2D eigenvalue weighted by Gasteiger charge is 2.09. The third-order valence-electron chi connectivity index (χ3n) is 2.39. The Bertz CT molecular complexity index is 584. The average Bonchev–Trinajstić information content (AvgIpc) is 2.82. The van der Waals surface area contributed by atoms with Crippen molar-refractivity contribution in [3.8, 4) is 6.01 Å². The van der Waals surface area contributed by atoms with Crippen LogP contribution in [0.2, 0.25) is 0 Å². The molecule has 2 rings (SSSR count). The molecule has 8 heteroatoms. The van der Waals surface area contributed by atoms with Crippen LogP contribution in [0.5, 0.6) is 6.01 Å². The number of hydrogen-bond acceptors (Lipinski definition) is 8. The first-order chi connectivity index (χ1) is 10.1. The van der Waals surface area contributed by atoms with E-state index in [1.54, 1.807) is 0 Å². The van der Waals surface area contributed by atoms with Crippen molar-refractivity contribution in [2.75, 3.05) is 17.2 Å². The highest BCUT2D eigenvalue weighted by molar-refractivity contribution is 5.36. The Morgan fingerprint density at radius 3 is 2.48 bits per heavy atom. The lowest BCUT2D eigenvalue weighted by molar-refractivity contribution is 0.222. The molecule has 2 aromatic heterocycles. The third kappa shape index (κ3) is 4.59. The van der Waals surface area contributed by atoms with Crippen LogP contribution in [-0.2, 0) is 6.54 Å². The second-order valence-electron chi connectivity index (χ2n) is 4.75. The van der Waals surface area contributed by atoms with E-state index in [2.05, 4.69) is 30.7 Å². The van der Waals surface area contributed by atoms with Crippen LogP contribution in [0, 0.1) is 6.92 Å². The molecule has 0 fully saturated rings. The number of rotatable bonds is 7. The van der Waals surface area contributed by atoms with Crippen LogP contribution in [-0.4, -0.2) is 32.8 Å². The van der Waals surface area contributed by atoms with E-state index in [1.165, 1.54) is 0 Å². The first-order valence-corrected chi connectivity index (χ1v) is 6.89. The Hall–Kier alpha value is -2.38. The van der Waals surface area contributed by atoms with Gasteiger partial charge in [0.2, 0.25) is 11.9 Å². The van der Waals surface area contributed by atoms with Crippen LogP contribution >= 0.6 is 0 Å². The van der Waals surface area contributed by atoms with Gasteiger partial charge in [-0.2, -0.15) is 15.0 Å². The van der Waals surface area contributed by atoms with Crippen LogP contribution in [0.1, 0.15) is 32.2 Å². The van der Waals surface area contributed by atoms with E-state index in [9.17, 15) is 0 Å². The molecular weight excluding hydrogens is 272 g/mol. The van der Waals surface area contributed by atoms with Gasteiger partial charge >= 0.3 is 6.01 Å². The summed E-state index contributed by atoms with van der Waals surface area (Å²) < 4.78 is 10.6. The Morgan fingerprint density at radius 2 is 1.90 bits per heavy atom. The number of nitrogens with zero attached hydrogens (tertiary/aromatic N) is 4. The smallest absolute Gasteiger partial charge is 0.323 e. The quantitative estimate of drug-likeness (QED) is 0.799. The van der Waals surface area contributed by atoms with E-state index in [1.807, 2.05) is 33.8 Å². The second kappa shape index (κ2) is 6.87. The summed E-state index contributed by atoms with van der Waals surface area (Å²) in [6.07, 6.45) is -0.00773. The van der Waals surface area contributed by atoms with Crippen LogP contribution < -0.4 is 15.4 Å². The zero-order valence-corrected chi connectivity index (χ0v) is 12.7. The number of aromatic nitrogens is 4. The molecule has 8 nitrogen and oxygen atoms in total. The van der Waals surface area contributed by atoms with Crippen molar-refractivity contribution >= 4 is 11.9 Å². The van der Waals surface area contributed by atoms with E-state index in [4.69, 9.17) is 9.26 Å². The van der Waals surface area contributed by atoms with E-state index in [0.717, 1.165) is 5.69 Å². The van der Waals surface area contributed by atoms with Gasteiger partial charge in [0.05, 0.1) is 18.3 Å². The molecule has 0 aromatic carbocycles.